The molecule has 33 heavy (non-hydrogen) atoms. The number of hydrogen-bond acceptors (Lipinski definition) is 7. The second kappa shape index (κ2) is 9.51. The van der Waals surface area contributed by atoms with Crippen molar-refractivity contribution >= 4 is 6.01 Å². The van der Waals surface area contributed by atoms with E-state index >= 15 is 0 Å². The number of benzene rings is 1. The van der Waals surface area contributed by atoms with Gasteiger partial charge in [-0.05, 0) is 55.4 Å². The molecule has 1 aliphatic rings. The van der Waals surface area contributed by atoms with Crippen molar-refractivity contribution in [3.63, 3.8) is 0 Å². The molecule has 0 radical (unpaired) electrons. The van der Waals surface area contributed by atoms with Gasteiger partial charge < -0.3 is 14.4 Å². The summed E-state index contributed by atoms with van der Waals surface area (Å²) in [6, 6.07) is 5.95. The van der Waals surface area contributed by atoms with Crippen LogP contribution in [0, 0.1) is 18.6 Å². The standard InChI is InChI=1S/C24H29F2N5O2/c1-4-16-9-10-24(5-2,14-31(11-12-32)23-30-27-15(3)33-23)22-17(16)13-20(28-29-22)21-18(25)7-6-8-19(21)26/h6-8,13,16,32H,4-5,9-12,14H2,1-3H3/t16-,24+/m0/s1. The number of nitrogens with zero attached hydrogens (tertiary/aromatic N) is 5. The molecule has 2 aromatic heterocycles. The number of aliphatic hydroxyl groups is 1. The molecule has 9 heteroatoms. The van der Waals surface area contributed by atoms with E-state index in [1.165, 1.54) is 18.2 Å². The van der Waals surface area contributed by atoms with E-state index in [1.807, 2.05) is 4.90 Å². The van der Waals surface area contributed by atoms with Crippen molar-refractivity contribution in [1.82, 2.24) is 20.4 Å². The third-order valence-corrected chi connectivity index (χ3v) is 6.77. The summed E-state index contributed by atoms with van der Waals surface area (Å²) in [7, 11) is 0. The molecule has 1 aromatic carbocycles. The van der Waals surface area contributed by atoms with Gasteiger partial charge in [0.15, 0.2) is 0 Å². The summed E-state index contributed by atoms with van der Waals surface area (Å²) in [5.41, 5.74) is 1.48. The smallest absolute Gasteiger partial charge is 0.318 e. The quantitative estimate of drug-likeness (QED) is 0.531. The maximum atomic E-state index is 14.5. The molecule has 0 amide bonds. The fraction of sp³-hybridized carbons (Fsp3) is 0.500. The Hall–Kier alpha value is -2.94. The fourth-order valence-corrected chi connectivity index (χ4v) is 4.89. The molecular weight excluding hydrogens is 428 g/mol. The zero-order valence-electron chi connectivity index (χ0n) is 19.2. The van der Waals surface area contributed by atoms with Gasteiger partial charge in [-0.25, -0.2) is 8.78 Å². The highest BCUT2D eigenvalue weighted by molar-refractivity contribution is 5.62. The highest BCUT2D eigenvalue weighted by Crippen LogP contribution is 2.46. The number of fused-ring (bicyclic) bond motifs is 1. The first-order chi connectivity index (χ1) is 15.9. The largest absolute Gasteiger partial charge is 0.408 e. The lowest BCUT2D eigenvalue weighted by molar-refractivity contribution is 0.273. The Morgan fingerprint density at radius 3 is 2.52 bits per heavy atom. The Bertz CT molecular complexity index is 1100. The zero-order valence-corrected chi connectivity index (χ0v) is 19.2. The summed E-state index contributed by atoms with van der Waals surface area (Å²) in [6.45, 7) is 6.70. The summed E-state index contributed by atoms with van der Waals surface area (Å²) in [4.78, 5) is 1.88. The Labute approximate surface area is 191 Å². The number of halogens is 2. The molecule has 1 N–H and O–H groups in total. The molecule has 0 bridgehead atoms. The van der Waals surface area contributed by atoms with Gasteiger partial charge in [-0.1, -0.05) is 25.0 Å². The van der Waals surface area contributed by atoms with E-state index < -0.39 is 11.6 Å². The number of aryl methyl sites for hydroxylation is 1. The van der Waals surface area contributed by atoms with Crippen LogP contribution in [0.15, 0.2) is 28.7 Å². The molecule has 176 valence electrons. The molecule has 4 rings (SSSR count). The van der Waals surface area contributed by atoms with Crippen LogP contribution >= 0.6 is 0 Å². The van der Waals surface area contributed by atoms with Gasteiger partial charge in [-0.2, -0.15) is 10.2 Å². The van der Waals surface area contributed by atoms with Crippen LogP contribution < -0.4 is 4.90 Å². The molecule has 2 atom stereocenters. The number of hydrogen-bond donors (Lipinski definition) is 1. The SMILES string of the molecule is CC[C@H]1CC[C@](CC)(CN(CCO)c2nnc(C)o2)c2nnc(-c3c(F)cccc3F)cc21. The van der Waals surface area contributed by atoms with Crippen molar-refractivity contribution in [3.8, 4) is 11.3 Å². The van der Waals surface area contributed by atoms with Crippen molar-refractivity contribution in [2.75, 3.05) is 24.6 Å². The van der Waals surface area contributed by atoms with E-state index in [2.05, 4.69) is 34.2 Å². The van der Waals surface area contributed by atoms with Gasteiger partial charge >= 0.3 is 6.01 Å². The van der Waals surface area contributed by atoms with Gasteiger partial charge in [-0.3, -0.25) is 0 Å². The first kappa shape index (κ1) is 23.2. The third-order valence-electron chi connectivity index (χ3n) is 6.77. The summed E-state index contributed by atoms with van der Waals surface area (Å²) < 4.78 is 34.5. The monoisotopic (exact) mass is 457 g/mol. The van der Waals surface area contributed by atoms with Gasteiger partial charge in [0.05, 0.1) is 23.6 Å². The van der Waals surface area contributed by atoms with Crippen molar-refractivity contribution < 1.29 is 18.3 Å². The number of anilines is 1. The van der Waals surface area contributed by atoms with E-state index in [4.69, 9.17) is 4.42 Å². The first-order valence-electron chi connectivity index (χ1n) is 11.4. The van der Waals surface area contributed by atoms with Gasteiger partial charge in [-0.15, -0.1) is 5.10 Å². The van der Waals surface area contributed by atoms with Gasteiger partial charge in [0.25, 0.3) is 0 Å². The topological polar surface area (TPSA) is 88.2 Å². The Balaban J connectivity index is 1.79. The van der Waals surface area contributed by atoms with E-state index in [0.29, 0.717) is 25.0 Å². The Morgan fingerprint density at radius 2 is 1.91 bits per heavy atom. The maximum absolute atomic E-state index is 14.5. The molecule has 0 saturated heterocycles. The molecule has 1 aliphatic carbocycles. The van der Waals surface area contributed by atoms with Gasteiger partial charge in [0.1, 0.15) is 11.6 Å². The van der Waals surface area contributed by atoms with E-state index in [0.717, 1.165) is 36.9 Å². The molecule has 0 saturated carbocycles. The minimum absolute atomic E-state index is 0.0666. The van der Waals surface area contributed by atoms with Crippen LogP contribution in [0.4, 0.5) is 14.8 Å². The number of rotatable bonds is 8. The Morgan fingerprint density at radius 1 is 1.15 bits per heavy atom. The average Bonchev–Trinajstić information content (AvgIpc) is 3.25. The molecule has 0 aliphatic heterocycles. The minimum atomic E-state index is -0.657. The second-order valence-corrected chi connectivity index (χ2v) is 8.66. The summed E-state index contributed by atoms with van der Waals surface area (Å²) in [5, 5.41) is 26.6. The lowest BCUT2D eigenvalue weighted by Gasteiger charge is -2.42. The average molecular weight is 458 g/mol. The lowest BCUT2D eigenvalue weighted by atomic mass is 9.67. The predicted molar refractivity (Wildman–Crippen MR) is 120 cm³/mol. The summed E-state index contributed by atoms with van der Waals surface area (Å²) in [6.07, 6.45) is 3.44. The predicted octanol–water partition coefficient (Wildman–Crippen LogP) is 4.55. The van der Waals surface area contributed by atoms with Crippen molar-refractivity contribution in [1.29, 1.82) is 0 Å². The molecule has 2 heterocycles. The van der Waals surface area contributed by atoms with Crippen LogP contribution in [0.25, 0.3) is 11.3 Å². The third kappa shape index (κ3) is 4.34. The molecular formula is C24H29F2N5O2. The van der Waals surface area contributed by atoms with Crippen LogP contribution in [-0.4, -0.2) is 45.2 Å². The highest BCUT2D eigenvalue weighted by Gasteiger charge is 2.42. The number of aromatic nitrogens is 4. The molecule has 0 unspecified atom stereocenters. The van der Waals surface area contributed by atoms with Gasteiger partial charge in [0.2, 0.25) is 5.89 Å². The normalized spacial score (nSPS) is 20.0. The van der Waals surface area contributed by atoms with Gasteiger partial charge in [0, 0.05) is 25.4 Å². The Kier molecular flexibility index (Phi) is 6.69. The van der Waals surface area contributed by atoms with E-state index in [9.17, 15) is 13.9 Å². The second-order valence-electron chi connectivity index (χ2n) is 8.66. The molecule has 0 fully saturated rings. The zero-order chi connectivity index (χ0) is 23.6. The molecule has 7 nitrogen and oxygen atoms in total. The maximum Gasteiger partial charge on any atom is 0.318 e. The molecule has 3 aromatic rings. The lowest BCUT2D eigenvalue weighted by Crippen LogP contribution is -2.45. The summed E-state index contributed by atoms with van der Waals surface area (Å²) >= 11 is 0. The minimum Gasteiger partial charge on any atom is -0.408 e. The van der Waals surface area contributed by atoms with E-state index in [1.54, 1.807) is 13.0 Å². The van der Waals surface area contributed by atoms with Crippen LogP contribution in [0.5, 0.6) is 0 Å². The van der Waals surface area contributed by atoms with Crippen molar-refractivity contribution in [2.45, 2.75) is 57.8 Å². The van der Waals surface area contributed by atoms with Crippen molar-refractivity contribution in [3.05, 3.63) is 53.0 Å². The number of aliphatic hydroxyl groups excluding tert-OH is 1. The van der Waals surface area contributed by atoms with Crippen LogP contribution in [0.2, 0.25) is 0 Å². The van der Waals surface area contributed by atoms with Crippen molar-refractivity contribution in [2.24, 2.45) is 0 Å². The highest BCUT2D eigenvalue weighted by atomic mass is 19.1. The summed E-state index contributed by atoms with van der Waals surface area (Å²) in [5.74, 6) is -0.642. The van der Waals surface area contributed by atoms with Crippen LogP contribution in [0.1, 0.15) is 62.6 Å². The fourth-order valence-electron chi connectivity index (χ4n) is 4.89. The first-order valence-corrected chi connectivity index (χ1v) is 11.4. The van der Waals surface area contributed by atoms with Crippen LogP contribution in [-0.2, 0) is 5.41 Å². The molecule has 0 spiro atoms. The van der Waals surface area contributed by atoms with E-state index in [-0.39, 0.29) is 29.2 Å². The van der Waals surface area contributed by atoms with Crippen LogP contribution in [0.3, 0.4) is 0 Å².